The lowest BCUT2D eigenvalue weighted by Crippen LogP contribution is -2.60. The average Bonchev–Trinajstić information content (AvgIpc) is 2.97. The molecule has 0 spiro atoms. The van der Waals surface area contributed by atoms with Crippen LogP contribution >= 0.6 is 0 Å². The maximum atomic E-state index is 12.0. The number of fused-ring (bicyclic) bond motifs is 3. The van der Waals surface area contributed by atoms with Gasteiger partial charge in [-0.1, -0.05) is 19.9 Å². The molecular weight excluding hydrogens is 322 g/mol. The van der Waals surface area contributed by atoms with E-state index in [9.17, 15) is 14.7 Å². The Balaban J connectivity index is 1.81. The fourth-order valence-electron chi connectivity index (χ4n) is 5.62. The molecular formula is C19H29NO5. The summed E-state index contributed by atoms with van der Waals surface area (Å²) in [5.41, 5.74) is -0.598. The van der Waals surface area contributed by atoms with Crippen LogP contribution in [0.5, 0.6) is 0 Å². The SMILES string of the molecule is C=CCNC(=O)OC1CCC2(C)C3CC(=O)OC3CCC2C1(C)CO. The first-order chi connectivity index (χ1) is 11.8. The monoisotopic (exact) mass is 351 g/mol. The summed E-state index contributed by atoms with van der Waals surface area (Å²) in [6.07, 6.45) is 4.50. The van der Waals surface area contributed by atoms with Crippen molar-refractivity contribution in [3.05, 3.63) is 12.7 Å². The van der Waals surface area contributed by atoms with Crippen LogP contribution in [-0.4, -0.2) is 42.5 Å². The minimum absolute atomic E-state index is 0.00468. The maximum Gasteiger partial charge on any atom is 0.407 e. The predicted octanol–water partition coefficient (Wildman–Crippen LogP) is 2.41. The lowest BCUT2D eigenvalue weighted by Gasteiger charge is -2.59. The molecule has 1 saturated heterocycles. The van der Waals surface area contributed by atoms with Crippen molar-refractivity contribution < 1.29 is 24.2 Å². The summed E-state index contributed by atoms with van der Waals surface area (Å²) in [5.74, 6) is 0.275. The van der Waals surface area contributed by atoms with Gasteiger partial charge in [-0.05, 0) is 37.0 Å². The highest BCUT2D eigenvalue weighted by atomic mass is 16.6. The number of alkyl carbamates (subject to hydrolysis) is 1. The van der Waals surface area contributed by atoms with Crippen molar-refractivity contribution in [3.63, 3.8) is 0 Å². The van der Waals surface area contributed by atoms with E-state index < -0.39 is 11.5 Å². The van der Waals surface area contributed by atoms with Crippen LogP contribution in [0.15, 0.2) is 12.7 Å². The Hall–Kier alpha value is -1.56. The summed E-state index contributed by atoms with van der Waals surface area (Å²) in [6, 6.07) is 0. The fraction of sp³-hybridized carbons (Fsp3) is 0.789. The van der Waals surface area contributed by atoms with Gasteiger partial charge in [0, 0.05) is 17.9 Å². The van der Waals surface area contributed by atoms with Crippen LogP contribution in [0, 0.1) is 22.7 Å². The molecule has 1 aliphatic heterocycles. The Morgan fingerprint density at radius 2 is 2.20 bits per heavy atom. The van der Waals surface area contributed by atoms with E-state index in [2.05, 4.69) is 18.8 Å². The van der Waals surface area contributed by atoms with Crippen LogP contribution in [0.4, 0.5) is 4.79 Å². The van der Waals surface area contributed by atoms with Crippen molar-refractivity contribution in [1.29, 1.82) is 0 Å². The standard InChI is InChI=1S/C19H29NO5/c1-4-9-20-17(23)25-15-7-8-18(2)12-10-16(22)24-13(12)5-6-14(18)19(15,3)11-21/h4,12-15,21H,1,5-11H2,2-3H3,(H,20,23). The Bertz CT molecular complexity index is 564. The van der Waals surface area contributed by atoms with E-state index in [-0.39, 0.29) is 42.0 Å². The number of carbonyl (C=O) groups is 2. The van der Waals surface area contributed by atoms with E-state index >= 15 is 0 Å². The number of carbonyl (C=O) groups excluding carboxylic acids is 2. The number of nitrogens with one attached hydrogen (secondary N) is 1. The van der Waals surface area contributed by atoms with E-state index in [4.69, 9.17) is 9.47 Å². The van der Waals surface area contributed by atoms with Gasteiger partial charge >= 0.3 is 12.1 Å². The highest BCUT2D eigenvalue weighted by molar-refractivity contribution is 5.72. The Morgan fingerprint density at radius 1 is 1.44 bits per heavy atom. The van der Waals surface area contributed by atoms with E-state index in [1.807, 2.05) is 6.92 Å². The number of aliphatic hydroxyl groups is 1. The Labute approximate surface area is 148 Å². The number of amides is 1. The molecule has 3 rings (SSSR count). The molecule has 6 unspecified atom stereocenters. The van der Waals surface area contributed by atoms with Crippen LogP contribution < -0.4 is 5.32 Å². The average molecular weight is 351 g/mol. The van der Waals surface area contributed by atoms with Gasteiger partial charge in [-0.25, -0.2) is 4.79 Å². The molecule has 6 heteroatoms. The Morgan fingerprint density at radius 3 is 2.88 bits per heavy atom. The molecule has 3 aliphatic rings. The summed E-state index contributed by atoms with van der Waals surface area (Å²) in [5, 5.41) is 12.9. The van der Waals surface area contributed by atoms with Gasteiger partial charge < -0.3 is 19.9 Å². The fourth-order valence-corrected chi connectivity index (χ4v) is 5.62. The molecule has 6 nitrogen and oxygen atoms in total. The molecule has 2 N–H and O–H groups in total. The number of ether oxygens (including phenoxy) is 2. The number of aliphatic hydroxyl groups excluding tert-OH is 1. The van der Waals surface area contributed by atoms with Crippen molar-refractivity contribution in [3.8, 4) is 0 Å². The molecule has 2 saturated carbocycles. The normalized spacial score (nSPS) is 42.8. The lowest BCUT2D eigenvalue weighted by molar-refractivity contribution is -0.175. The van der Waals surface area contributed by atoms with Gasteiger partial charge in [-0.3, -0.25) is 4.79 Å². The second-order valence-electron chi connectivity index (χ2n) is 8.24. The van der Waals surface area contributed by atoms with Gasteiger partial charge in [0.25, 0.3) is 0 Å². The van der Waals surface area contributed by atoms with Crippen molar-refractivity contribution in [2.24, 2.45) is 22.7 Å². The topological polar surface area (TPSA) is 84.9 Å². The van der Waals surface area contributed by atoms with Crippen LogP contribution in [0.3, 0.4) is 0 Å². The van der Waals surface area contributed by atoms with Crippen LogP contribution in [0.2, 0.25) is 0 Å². The predicted molar refractivity (Wildman–Crippen MR) is 91.7 cm³/mol. The zero-order valence-corrected chi connectivity index (χ0v) is 15.1. The smallest absolute Gasteiger partial charge is 0.407 e. The summed E-state index contributed by atoms with van der Waals surface area (Å²) in [7, 11) is 0. The van der Waals surface area contributed by atoms with E-state index in [0.29, 0.717) is 19.4 Å². The van der Waals surface area contributed by atoms with Crippen molar-refractivity contribution in [1.82, 2.24) is 5.32 Å². The van der Waals surface area contributed by atoms with E-state index in [0.717, 1.165) is 19.3 Å². The van der Waals surface area contributed by atoms with Gasteiger partial charge in [0.15, 0.2) is 0 Å². The summed E-state index contributed by atoms with van der Waals surface area (Å²) in [4.78, 5) is 23.8. The first-order valence-electron chi connectivity index (χ1n) is 9.21. The molecule has 0 radical (unpaired) electrons. The number of hydrogen-bond donors (Lipinski definition) is 2. The lowest BCUT2D eigenvalue weighted by atomic mass is 9.46. The van der Waals surface area contributed by atoms with Crippen molar-refractivity contribution in [2.45, 2.75) is 58.2 Å². The summed E-state index contributed by atoms with van der Waals surface area (Å²) >= 11 is 0. The van der Waals surface area contributed by atoms with Crippen molar-refractivity contribution >= 4 is 12.1 Å². The highest BCUT2D eigenvalue weighted by Gasteiger charge is 2.62. The molecule has 0 bridgehead atoms. The molecule has 0 aromatic heterocycles. The van der Waals surface area contributed by atoms with Gasteiger partial charge in [-0.15, -0.1) is 6.58 Å². The second kappa shape index (κ2) is 6.63. The second-order valence-corrected chi connectivity index (χ2v) is 8.24. The zero-order chi connectivity index (χ0) is 18.2. The first-order valence-corrected chi connectivity index (χ1v) is 9.21. The van der Waals surface area contributed by atoms with E-state index in [1.165, 1.54) is 0 Å². The molecule has 6 atom stereocenters. The van der Waals surface area contributed by atoms with Crippen LogP contribution in [-0.2, 0) is 14.3 Å². The highest BCUT2D eigenvalue weighted by Crippen LogP contribution is 2.62. The molecule has 0 aromatic carbocycles. The summed E-state index contributed by atoms with van der Waals surface area (Å²) in [6.45, 7) is 8.12. The third-order valence-electron chi connectivity index (χ3n) is 6.96. The number of esters is 1. The number of rotatable bonds is 4. The van der Waals surface area contributed by atoms with Crippen molar-refractivity contribution in [2.75, 3.05) is 13.2 Å². The summed E-state index contributed by atoms with van der Waals surface area (Å²) < 4.78 is 11.2. The molecule has 1 heterocycles. The van der Waals surface area contributed by atoms with Gasteiger partial charge in [0.05, 0.1) is 13.0 Å². The van der Waals surface area contributed by atoms with Gasteiger partial charge in [-0.2, -0.15) is 0 Å². The maximum absolute atomic E-state index is 12.0. The van der Waals surface area contributed by atoms with Gasteiger partial charge in [0.1, 0.15) is 12.2 Å². The van der Waals surface area contributed by atoms with E-state index in [1.54, 1.807) is 6.08 Å². The molecule has 0 aromatic rings. The molecule has 1 amide bonds. The molecule has 2 aliphatic carbocycles. The minimum atomic E-state index is -0.519. The number of hydrogen-bond acceptors (Lipinski definition) is 5. The molecule has 140 valence electrons. The minimum Gasteiger partial charge on any atom is -0.462 e. The quantitative estimate of drug-likeness (QED) is 0.600. The van der Waals surface area contributed by atoms with Gasteiger partial charge in [0.2, 0.25) is 0 Å². The first kappa shape index (κ1) is 18.2. The third kappa shape index (κ3) is 2.94. The molecule has 3 fully saturated rings. The third-order valence-corrected chi connectivity index (χ3v) is 6.96. The largest absolute Gasteiger partial charge is 0.462 e. The Kier molecular flexibility index (Phi) is 4.84. The van der Waals surface area contributed by atoms with Crippen LogP contribution in [0.25, 0.3) is 0 Å². The molecule has 25 heavy (non-hydrogen) atoms. The zero-order valence-electron chi connectivity index (χ0n) is 15.1. The van der Waals surface area contributed by atoms with Crippen LogP contribution in [0.1, 0.15) is 46.0 Å².